The number of anilines is 2. The molecule has 0 saturated carbocycles. The van der Waals surface area contributed by atoms with E-state index < -0.39 is 5.92 Å². The minimum absolute atomic E-state index is 0.125. The summed E-state index contributed by atoms with van der Waals surface area (Å²) >= 11 is 0. The Labute approximate surface area is 129 Å². The molecule has 0 saturated heterocycles. The van der Waals surface area contributed by atoms with Crippen molar-refractivity contribution in [3.05, 3.63) is 59.7 Å². The molecule has 4 nitrogen and oxygen atoms in total. The van der Waals surface area contributed by atoms with Gasteiger partial charge in [0, 0.05) is 17.8 Å². The quantitative estimate of drug-likeness (QED) is 0.912. The van der Waals surface area contributed by atoms with E-state index in [1.165, 1.54) is 5.56 Å². The molecule has 3 rings (SSSR count). The molecular formula is C18H18N2O2. The molecule has 2 N–H and O–H groups in total. The lowest BCUT2D eigenvalue weighted by Gasteiger charge is -2.24. The van der Waals surface area contributed by atoms with E-state index in [4.69, 9.17) is 0 Å². The zero-order chi connectivity index (χ0) is 15.5. The van der Waals surface area contributed by atoms with E-state index >= 15 is 0 Å². The summed E-state index contributed by atoms with van der Waals surface area (Å²) < 4.78 is 0. The Morgan fingerprint density at radius 1 is 1.18 bits per heavy atom. The predicted octanol–water partition coefficient (Wildman–Crippen LogP) is 3.31. The number of para-hydroxylation sites is 1. The number of fused-ring (bicyclic) bond motifs is 1. The molecule has 0 aliphatic carbocycles. The first-order valence-electron chi connectivity index (χ1n) is 7.46. The zero-order valence-electron chi connectivity index (χ0n) is 12.4. The number of benzene rings is 2. The van der Waals surface area contributed by atoms with Gasteiger partial charge in [0.05, 0.1) is 5.92 Å². The molecule has 2 amide bonds. The summed E-state index contributed by atoms with van der Waals surface area (Å²) in [6, 6.07) is 15.2. The first kappa shape index (κ1) is 14.3. The van der Waals surface area contributed by atoms with Crippen LogP contribution in [0.2, 0.25) is 0 Å². The van der Waals surface area contributed by atoms with Crippen LogP contribution < -0.4 is 10.6 Å². The highest BCUT2D eigenvalue weighted by Gasteiger charge is 2.30. The van der Waals surface area contributed by atoms with Gasteiger partial charge in [0.25, 0.3) is 0 Å². The van der Waals surface area contributed by atoms with Crippen molar-refractivity contribution in [2.75, 3.05) is 10.6 Å². The second kappa shape index (κ2) is 6.02. The molecule has 1 aliphatic rings. The summed E-state index contributed by atoms with van der Waals surface area (Å²) in [5.41, 5.74) is 3.57. The molecule has 0 spiro atoms. The van der Waals surface area contributed by atoms with Gasteiger partial charge in [-0.3, -0.25) is 9.59 Å². The summed E-state index contributed by atoms with van der Waals surface area (Å²) in [6.45, 7) is 2.09. The first-order chi connectivity index (χ1) is 10.7. The van der Waals surface area contributed by atoms with Gasteiger partial charge in [-0.25, -0.2) is 0 Å². The van der Waals surface area contributed by atoms with Crippen molar-refractivity contribution in [3.63, 3.8) is 0 Å². The SMILES string of the molecule is CCc1ccc(NC(=O)[C@@H]2CC(=O)Nc3ccccc32)cc1. The lowest BCUT2D eigenvalue weighted by atomic mass is 9.90. The van der Waals surface area contributed by atoms with Gasteiger partial charge in [-0.1, -0.05) is 37.3 Å². The van der Waals surface area contributed by atoms with Gasteiger partial charge in [-0.2, -0.15) is 0 Å². The summed E-state index contributed by atoms with van der Waals surface area (Å²) in [5, 5.41) is 5.71. The highest BCUT2D eigenvalue weighted by molar-refractivity contribution is 6.05. The van der Waals surface area contributed by atoms with E-state index in [-0.39, 0.29) is 18.2 Å². The third kappa shape index (κ3) is 2.86. The van der Waals surface area contributed by atoms with E-state index in [1.807, 2.05) is 48.5 Å². The minimum atomic E-state index is -0.448. The summed E-state index contributed by atoms with van der Waals surface area (Å²) in [5.74, 6) is -0.720. The van der Waals surface area contributed by atoms with Gasteiger partial charge in [0.2, 0.25) is 11.8 Å². The van der Waals surface area contributed by atoms with Crippen LogP contribution in [0.5, 0.6) is 0 Å². The van der Waals surface area contributed by atoms with Gasteiger partial charge >= 0.3 is 0 Å². The van der Waals surface area contributed by atoms with E-state index in [0.717, 1.165) is 23.4 Å². The standard InChI is InChI=1S/C18H18N2O2/c1-2-12-7-9-13(10-8-12)19-18(22)15-11-17(21)20-16-6-4-3-5-14(15)16/h3-10,15H,2,11H2,1H3,(H,19,22)(H,20,21)/t15-/m1/s1. The lowest BCUT2D eigenvalue weighted by molar-refractivity contribution is -0.123. The van der Waals surface area contributed by atoms with Gasteiger partial charge < -0.3 is 10.6 Å². The molecule has 1 aliphatic heterocycles. The zero-order valence-corrected chi connectivity index (χ0v) is 12.4. The smallest absolute Gasteiger partial charge is 0.232 e. The summed E-state index contributed by atoms with van der Waals surface area (Å²) in [6.07, 6.45) is 1.14. The monoisotopic (exact) mass is 294 g/mol. The average Bonchev–Trinajstić information content (AvgIpc) is 2.54. The molecule has 2 aromatic carbocycles. The molecule has 0 fully saturated rings. The van der Waals surface area contributed by atoms with Crippen molar-refractivity contribution in [1.82, 2.24) is 0 Å². The van der Waals surface area contributed by atoms with Crippen molar-refractivity contribution >= 4 is 23.2 Å². The fourth-order valence-corrected chi connectivity index (χ4v) is 2.70. The Morgan fingerprint density at radius 3 is 2.64 bits per heavy atom. The minimum Gasteiger partial charge on any atom is -0.326 e. The number of nitrogens with one attached hydrogen (secondary N) is 2. The van der Waals surface area contributed by atoms with Crippen LogP contribution in [0.4, 0.5) is 11.4 Å². The Kier molecular flexibility index (Phi) is 3.92. The molecule has 0 bridgehead atoms. The van der Waals surface area contributed by atoms with Crippen molar-refractivity contribution in [1.29, 1.82) is 0 Å². The van der Waals surface area contributed by atoms with Crippen molar-refractivity contribution < 1.29 is 9.59 Å². The molecule has 22 heavy (non-hydrogen) atoms. The highest BCUT2D eigenvalue weighted by Crippen LogP contribution is 2.32. The maximum atomic E-state index is 12.5. The number of aryl methyl sites for hydroxylation is 1. The Hall–Kier alpha value is -2.62. The molecule has 112 valence electrons. The second-order valence-electron chi connectivity index (χ2n) is 5.43. The predicted molar refractivity (Wildman–Crippen MR) is 86.9 cm³/mol. The number of rotatable bonds is 3. The number of carbonyl (C=O) groups excluding carboxylic acids is 2. The highest BCUT2D eigenvalue weighted by atomic mass is 16.2. The third-order valence-corrected chi connectivity index (χ3v) is 3.95. The third-order valence-electron chi connectivity index (χ3n) is 3.95. The maximum absolute atomic E-state index is 12.5. The van der Waals surface area contributed by atoms with Crippen LogP contribution in [0.15, 0.2) is 48.5 Å². The van der Waals surface area contributed by atoms with Gasteiger partial charge in [0.1, 0.15) is 0 Å². The number of hydrogen-bond acceptors (Lipinski definition) is 2. The topological polar surface area (TPSA) is 58.2 Å². The Bertz CT molecular complexity index is 707. The summed E-state index contributed by atoms with van der Waals surface area (Å²) in [7, 11) is 0. The fourth-order valence-electron chi connectivity index (χ4n) is 2.70. The summed E-state index contributed by atoms with van der Waals surface area (Å²) in [4.78, 5) is 24.3. The second-order valence-corrected chi connectivity index (χ2v) is 5.43. The molecular weight excluding hydrogens is 276 g/mol. The van der Waals surface area contributed by atoms with Gasteiger partial charge in [-0.05, 0) is 35.7 Å². The van der Waals surface area contributed by atoms with Crippen LogP contribution in [0.25, 0.3) is 0 Å². The van der Waals surface area contributed by atoms with Crippen LogP contribution in [0, 0.1) is 0 Å². The Balaban J connectivity index is 1.81. The average molecular weight is 294 g/mol. The van der Waals surface area contributed by atoms with E-state index in [2.05, 4.69) is 17.6 Å². The molecule has 4 heteroatoms. The molecule has 0 unspecified atom stereocenters. The van der Waals surface area contributed by atoms with Crippen LogP contribution in [-0.4, -0.2) is 11.8 Å². The fraction of sp³-hybridized carbons (Fsp3) is 0.222. The van der Waals surface area contributed by atoms with Crippen LogP contribution >= 0.6 is 0 Å². The van der Waals surface area contributed by atoms with E-state index in [0.29, 0.717) is 0 Å². The van der Waals surface area contributed by atoms with Crippen molar-refractivity contribution in [3.8, 4) is 0 Å². The molecule has 1 heterocycles. The van der Waals surface area contributed by atoms with E-state index in [9.17, 15) is 9.59 Å². The van der Waals surface area contributed by atoms with E-state index in [1.54, 1.807) is 0 Å². The largest absolute Gasteiger partial charge is 0.326 e. The van der Waals surface area contributed by atoms with Crippen LogP contribution in [-0.2, 0) is 16.0 Å². The Morgan fingerprint density at radius 2 is 1.91 bits per heavy atom. The number of hydrogen-bond donors (Lipinski definition) is 2. The number of amides is 2. The van der Waals surface area contributed by atoms with Crippen LogP contribution in [0.3, 0.4) is 0 Å². The molecule has 1 atom stereocenters. The van der Waals surface area contributed by atoms with Gasteiger partial charge in [0.15, 0.2) is 0 Å². The van der Waals surface area contributed by atoms with Crippen LogP contribution in [0.1, 0.15) is 30.4 Å². The van der Waals surface area contributed by atoms with Gasteiger partial charge in [-0.15, -0.1) is 0 Å². The lowest BCUT2D eigenvalue weighted by Crippen LogP contribution is -2.30. The van der Waals surface area contributed by atoms with Crippen molar-refractivity contribution in [2.24, 2.45) is 0 Å². The molecule has 0 aromatic heterocycles. The molecule has 2 aromatic rings. The normalized spacial score (nSPS) is 16.6. The first-order valence-corrected chi connectivity index (χ1v) is 7.46. The number of carbonyl (C=O) groups is 2. The molecule has 0 radical (unpaired) electrons. The maximum Gasteiger partial charge on any atom is 0.232 e. The van der Waals surface area contributed by atoms with Crippen molar-refractivity contribution in [2.45, 2.75) is 25.7 Å².